The van der Waals surface area contributed by atoms with Gasteiger partial charge in [0.05, 0.1) is 62.2 Å². The van der Waals surface area contributed by atoms with Crippen LogP contribution in [0.1, 0.15) is 22.8 Å². The fraction of sp³-hybridized carbons (Fsp3) is 0.0833. The zero-order chi connectivity index (χ0) is 38.2. The molecule has 2 aliphatic heterocycles. The molecule has 0 saturated heterocycles. The van der Waals surface area contributed by atoms with Crippen LogP contribution < -0.4 is 18.9 Å². The predicted molar refractivity (Wildman–Crippen MR) is 234 cm³/mol. The van der Waals surface area contributed by atoms with E-state index >= 15 is 0 Å². The summed E-state index contributed by atoms with van der Waals surface area (Å²) in [7, 11) is 6.74. The van der Waals surface area contributed by atoms with E-state index in [9.17, 15) is 0 Å². The van der Waals surface area contributed by atoms with Crippen molar-refractivity contribution in [3.8, 4) is 62.1 Å². The van der Waals surface area contributed by atoms with Crippen molar-refractivity contribution in [2.75, 3.05) is 28.4 Å². The number of hydrogen-bond acceptors (Lipinski definition) is 6. The summed E-state index contributed by atoms with van der Waals surface area (Å²) in [6.45, 7) is 0. The van der Waals surface area contributed by atoms with Crippen LogP contribution in [0.25, 0.3) is 85.4 Å². The van der Waals surface area contributed by atoms with Crippen molar-refractivity contribution in [1.29, 1.82) is 0 Å². The van der Waals surface area contributed by atoms with Gasteiger partial charge in [-0.15, -0.1) is 12.4 Å². The molecule has 0 aliphatic carbocycles. The van der Waals surface area contributed by atoms with Crippen LogP contribution in [0.15, 0.2) is 127 Å². The molecule has 0 spiro atoms. The van der Waals surface area contributed by atoms with Gasteiger partial charge in [-0.2, -0.15) is 0 Å². The fourth-order valence-electron chi connectivity index (χ4n) is 7.43. The van der Waals surface area contributed by atoms with Crippen molar-refractivity contribution in [3.05, 3.63) is 150 Å². The molecule has 9 rings (SSSR count). The van der Waals surface area contributed by atoms with Gasteiger partial charge >= 0.3 is 0 Å². The molecule has 7 aromatic rings. The van der Waals surface area contributed by atoms with Crippen molar-refractivity contribution >= 4 is 58.8 Å². The average Bonchev–Trinajstić information content (AvgIpc) is 4.06. The number of benzene rings is 4. The molecule has 0 saturated carbocycles. The van der Waals surface area contributed by atoms with Crippen molar-refractivity contribution in [1.82, 2.24) is 19.5 Å². The molecule has 9 heteroatoms. The first-order chi connectivity index (χ1) is 27.5. The Morgan fingerprint density at radius 3 is 1.37 bits per heavy atom. The molecule has 0 unspecified atom stereocenters. The summed E-state index contributed by atoms with van der Waals surface area (Å²) in [6, 6.07) is 43.3. The van der Waals surface area contributed by atoms with E-state index < -0.39 is 0 Å². The molecular formula is C48H39ClN4O4. The number of aromatic nitrogens is 4. The van der Waals surface area contributed by atoms with E-state index in [0.717, 1.165) is 107 Å². The quantitative estimate of drug-likeness (QED) is 0.166. The number of nitrogens with zero attached hydrogens (tertiary/aromatic N) is 3. The Bertz CT molecular complexity index is 2820. The zero-order valence-corrected chi connectivity index (χ0v) is 32.6. The summed E-state index contributed by atoms with van der Waals surface area (Å²) in [4.78, 5) is 14.0. The monoisotopic (exact) mass is 770 g/mol. The Morgan fingerprint density at radius 2 is 0.860 bits per heavy atom. The Hall–Kier alpha value is -7.03. The van der Waals surface area contributed by atoms with E-state index in [0.29, 0.717) is 0 Å². The number of nitrogens with one attached hydrogen (secondary N) is 1. The largest absolute Gasteiger partial charge is 0.497 e. The highest BCUT2D eigenvalue weighted by Crippen LogP contribution is 2.48. The molecule has 8 nitrogen and oxygen atoms in total. The third kappa shape index (κ3) is 7.03. The van der Waals surface area contributed by atoms with Gasteiger partial charge in [0.25, 0.3) is 0 Å². The van der Waals surface area contributed by atoms with E-state index in [-0.39, 0.29) is 12.4 Å². The number of ether oxygens (including phenoxy) is 4. The second kappa shape index (κ2) is 15.6. The molecule has 0 fully saturated rings. The SMILES string of the molecule is COc1ccc(-c2c(-c3ccc(OC)cc3)c3c(-c4ccc(OC)cc4)c4nc(cc5ccc(cc6nc(cc2n3-c2ccc(OC)cc2)C=C6)[nH]5)C=C4)cc1.Cl. The van der Waals surface area contributed by atoms with Crippen LogP contribution in [0.5, 0.6) is 23.0 Å². The van der Waals surface area contributed by atoms with Gasteiger partial charge in [0.2, 0.25) is 0 Å². The maximum atomic E-state index is 5.65. The van der Waals surface area contributed by atoms with Gasteiger partial charge in [0.1, 0.15) is 23.0 Å². The smallest absolute Gasteiger partial charge is 0.119 e. The maximum absolute atomic E-state index is 5.65. The summed E-state index contributed by atoms with van der Waals surface area (Å²) in [5, 5.41) is 0. The van der Waals surface area contributed by atoms with E-state index in [1.807, 2.05) is 54.6 Å². The zero-order valence-electron chi connectivity index (χ0n) is 31.8. The number of aromatic amines is 1. The van der Waals surface area contributed by atoms with E-state index in [1.54, 1.807) is 28.4 Å². The summed E-state index contributed by atoms with van der Waals surface area (Å²) < 4.78 is 24.9. The van der Waals surface area contributed by atoms with Crippen molar-refractivity contribution in [2.24, 2.45) is 0 Å². The lowest BCUT2D eigenvalue weighted by Gasteiger charge is -2.14. The molecular weight excluding hydrogens is 732 g/mol. The lowest BCUT2D eigenvalue weighted by Crippen LogP contribution is -1.98. The standard InChI is InChI=1S/C48H38N4O4.ClH/c1-53-39-18-5-30(6-19-39)45-43-26-15-36(51-43)28-35-12-11-33(49-35)27-34-13-14-37(50-34)29-44-46(31-7-20-40(54-2)21-8-31)47(32-9-22-41(55-3)23-10-32)48(45)52(44)38-16-24-42(56-4)25-17-38;/h5-29,49H,1-4H3;1H. The van der Waals surface area contributed by atoms with Crippen LogP contribution in [0.3, 0.4) is 0 Å². The molecule has 57 heavy (non-hydrogen) atoms. The topological polar surface area (TPSA) is 83.4 Å². The van der Waals surface area contributed by atoms with Gasteiger partial charge < -0.3 is 28.5 Å². The van der Waals surface area contributed by atoms with E-state index in [2.05, 4.69) is 107 Å². The minimum absolute atomic E-state index is 0. The molecule has 0 amide bonds. The molecule has 2 aliphatic rings. The van der Waals surface area contributed by atoms with Crippen molar-refractivity contribution in [2.45, 2.75) is 0 Å². The van der Waals surface area contributed by atoms with Gasteiger partial charge in [0.15, 0.2) is 0 Å². The van der Waals surface area contributed by atoms with Crippen LogP contribution in [-0.4, -0.2) is 48.0 Å². The highest BCUT2D eigenvalue weighted by atomic mass is 35.5. The minimum Gasteiger partial charge on any atom is -0.497 e. The predicted octanol–water partition coefficient (Wildman–Crippen LogP) is 11.6. The molecule has 282 valence electrons. The van der Waals surface area contributed by atoms with E-state index in [4.69, 9.17) is 28.9 Å². The number of methoxy groups -OCH3 is 4. The van der Waals surface area contributed by atoms with Crippen LogP contribution in [0.2, 0.25) is 0 Å². The first-order valence-electron chi connectivity index (χ1n) is 18.3. The number of H-pyrrole nitrogens is 1. The van der Waals surface area contributed by atoms with Crippen LogP contribution in [0, 0.1) is 0 Å². The summed E-state index contributed by atoms with van der Waals surface area (Å²) in [6.07, 6.45) is 8.28. The Kier molecular flexibility index (Phi) is 10.1. The van der Waals surface area contributed by atoms with Crippen LogP contribution in [-0.2, 0) is 0 Å². The lowest BCUT2D eigenvalue weighted by atomic mass is 9.93. The van der Waals surface area contributed by atoms with Gasteiger partial charge in [-0.05, 0) is 132 Å². The average molecular weight is 771 g/mol. The Labute approximate surface area is 336 Å². The summed E-state index contributed by atoms with van der Waals surface area (Å²) in [5.74, 6) is 3.06. The van der Waals surface area contributed by atoms with Crippen LogP contribution >= 0.6 is 12.4 Å². The highest BCUT2D eigenvalue weighted by Gasteiger charge is 2.26. The lowest BCUT2D eigenvalue weighted by molar-refractivity contribution is 0.414. The normalized spacial score (nSPS) is 11.6. The number of rotatable bonds is 8. The van der Waals surface area contributed by atoms with Gasteiger partial charge in [-0.1, -0.05) is 36.4 Å². The van der Waals surface area contributed by atoms with Crippen molar-refractivity contribution < 1.29 is 18.9 Å². The number of hydrogen-bond donors (Lipinski definition) is 1. The summed E-state index contributed by atoms with van der Waals surface area (Å²) in [5.41, 5.74) is 14.0. The van der Waals surface area contributed by atoms with Crippen molar-refractivity contribution in [3.63, 3.8) is 0 Å². The third-order valence-electron chi connectivity index (χ3n) is 10.1. The minimum atomic E-state index is 0. The van der Waals surface area contributed by atoms with Gasteiger partial charge in [-0.3, -0.25) is 0 Å². The number of fused-ring (bicyclic) bond motifs is 8. The molecule has 4 aromatic carbocycles. The molecule has 0 radical (unpaired) electrons. The Balaban J connectivity index is 0.00000455. The summed E-state index contributed by atoms with van der Waals surface area (Å²) >= 11 is 0. The second-order valence-corrected chi connectivity index (χ2v) is 13.4. The number of halogens is 1. The molecule has 5 heterocycles. The molecule has 0 atom stereocenters. The molecule has 1 N–H and O–H groups in total. The van der Waals surface area contributed by atoms with Crippen LogP contribution in [0.4, 0.5) is 0 Å². The van der Waals surface area contributed by atoms with Gasteiger partial charge in [-0.25, -0.2) is 9.97 Å². The first kappa shape index (κ1) is 36.9. The van der Waals surface area contributed by atoms with E-state index in [1.165, 1.54) is 0 Å². The third-order valence-corrected chi connectivity index (χ3v) is 10.1. The Morgan fingerprint density at radius 1 is 0.439 bits per heavy atom. The fourth-order valence-corrected chi connectivity index (χ4v) is 7.43. The molecule has 8 bridgehead atoms. The van der Waals surface area contributed by atoms with Gasteiger partial charge in [0, 0.05) is 33.4 Å². The second-order valence-electron chi connectivity index (χ2n) is 13.4. The highest BCUT2D eigenvalue weighted by molar-refractivity contribution is 6.11. The first-order valence-corrected chi connectivity index (χ1v) is 18.3. The maximum Gasteiger partial charge on any atom is 0.119 e. The molecule has 3 aromatic heterocycles.